The lowest BCUT2D eigenvalue weighted by Gasteiger charge is -2.27. The minimum absolute atomic E-state index is 0.190. The molecule has 6 heteroatoms. The van der Waals surface area contributed by atoms with Gasteiger partial charge in [-0.3, -0.25) is 0 Å². The van der Waals surface area contributed by atoms with Gasteiger partial charge in [0.2, 0.25) is 0 Å². The molecule has 2 rings (SSSR count). The van der Waals surface area contributed by atoms with E-state index >= 15 is 0 Å². The van der Waals surface area contributed by atoms with Crippen LogP contribution < -0.4 is 0 Å². The standard InChI is InChI=1S/C8H16N2.C8H6O4/c1-5-8-9(3)6-7(2)10(8)4;9-7(10)5-3-1-2-4-6(5)8(11)12/h6,8H,5H2,1-4H3;1-4H,(H,9,10)(H,11,12). The van der Waals surface area contributed by atoms with E-state index in [9.17, 15) is 9.59 Å². The first-order valence-electron chi connectivity index (χ1n) is 6.98. The molecule has 6 nitrogen and oxygen atoms in total. The fourth-order valence-electron chi connectivity index (χ4n) is 2.40. The summed E-state index contributed by atoms with van der Waals surface area (Å²) >= 11 is 0. The molecule has 0 spiro atoms. The summed E-state index contributed by atoms with van der Waals surface area (Å²) < 4.78 is 0. The predicted molar refractivity (Wildman–Crippen MR) is 83.7 cm³/mol. The van der Waals surface area contributed by atoms with Crippen LogP contribution in [0.4, 0.5) is 0 Å². The molecule has 1 heterocycles. The van der Waals surface area contributed by atoms with Crippen LogP contribution in [0, 0.1) is 0 Å². The van der Waals surface area contributed by atoms with E-state index in [-0.39, 0.29) is 11.1 Å². The lowest BCUT2D eigenvalue weighted by atomic mass is 10.1. The molecule has 0 saturated carbocycles. The molecule has 1 aromatic rings. The number of carbonyl (C=O) groups is 2. The molecule has 0 radical (unpaired) electrons. The van der Waals surface area contributed by atoms with E-state index in [0.717, 1.165) is 0 Å². The largest absolute Gasteiger partial charge is 0.478 e. The highest BCUT2D eigenvalue weighted by Gasteiger charge is 2.21. The number of carboxylic acid groups (broad SMARTS) is 2. The molecule has 22 heavy (non-hydrogen) atoms. The topological polar surface area (TPSA) is 81.1 Å². The summed E-state index contributed by atoms with van der Waals surface area (Å²) in [5.41, 5.74) is 0.976. The van der Waals surface area contributed by atoms with E-state index in [1.165, 1.54) is 36.4 Å². The molecule has 1 aromatic carbocycles. The van der Waals surface area contributed by atoms with E-state index in [1.807, 2.05) is 0 Å². The van der Waals surface area contributed by atoms with Gasteiger partial charge in [-0.25, -0.2) is 9.59 Å². The van der Waals surface area contributed by atoms with Crippen LogP contribution in [0.2, 0.25) is 0 Å². The van der Waals surface area contributed by atoms with Crippen LogP contribution >= 0.6 is 0 Å². The highest BCUT2D eigenvalue weighted by molar-refractivity contribution is 6.01. The molecule has 0 bridgehead atoms. The summed E-state index contributed by atoms with van der Waals surface area (Å²) in [5.74, 6) is -2.46. The Hall–Kier alpha value is -2.50. The highest BCUT2D eigenvalue weighted by atomic mass is 16.4. The third-order valence-electron chi connectivity index (χ3n) is 3.62. The molecule has 120 valence electrons. The summed E-state index contributed by atoms with van der Waals surface area (Å²) in [4.78, 5) is 25.5. The Labute approximate surface area is 130 Å². The summed E-state index contributed by atoms with van der Waals surface area (Å²) in [6.07, 6.45) is 3.95. The monoisotopic (exact) mass is 306 g/mol. The molecular formula is C16H22N2O4. The molecule has 1 unspecified atom stereocenters. The lowest BCUT2D eigenvalue weighted by molar-refractivity contribution is 0.0651. The van der Waals surface area contributed by atoms with Crippen LogP contribution in [-0.4, -0.2) is 52.2 Å². The van der Waals surface area contributed by atoms with E-state index in [1.54, 1.807) is 0 Å². The van der Waals surface area contributed by atoms with Crippen LogP contribution in [0.15, 0.2) is 36.2 Å². The minimum Gasteiger partial charge on any atom is -0.478 e. The van der Waals surface area contributed by atoms with Crippen LogP contribution in [0.3, 0.4) is 0 Å². The first-order chi connectivity index (χ1) is 10.3. The molecule has 0 saturated heterocycles. The lowest BCUT2D eigenvalue weighted by Crippen LogP contribution is -2.34. The first-order valence-corrected chi connectivity index (χ1v) is 6.98. The molecule has 1 aliphatic rings. The van der Waals surface area contributed by atoms with Crippen molar-refractivity contribution >= 4 is 11.9 Å². The van der Waals surface area contributed by atoms with Gasteiger partial charge in [-0.2, -0.15) is 0 Å². The number of rotatable bonds is 3. The number of hydrogen-bond acceptors (Lipinski definition) is 4. The molecule has 1 aliphatic heterocycles. The molecule has 1 atom stereocenters. The Morgan fingerprint density at radius 3 is 1.77 bits per heavy atom. The van der Waals surface area contributed by atoms with Gasteiger partial charge >= 0.3 is 11.9 Å². The van der Waals surface area contributed by atoms with Gasteiger partial charge in [-0.1, -0.05) is 19.1 Å². The Morgan fingerprint density at radius 2 is 1.55 bits per heavy atom. The van der Waals surface area contributed by atoms with Crippen molar-refractivity contribution in [1.29, 1.82) is 0 Å². The SMILES string of the molecule is CCC1N(C)C=C(C)N1C.O=C(O)c1ccccc1C(=O)O. The van der Waals surface area contributed by atoms with Gasteiger partial charge < -0.3 is 20.0 Å². The second-order valence-electron chi connectivity index (χ2n) is 5.09. The second kappa shape index (κ2) is 7.49. The molecule has 0 aliphatic carbocycles. The van der Waals surface area contributed by atoms with E-state index in [2.05, 4.69) is 43.9 Å². The Bertz CT molecular complexity index is 550. The number of benzene rings is 1. The number of aromatic carboxylic acids is 2. The van der Waals surface area contributed by atoms with E-state index < -0.39 is 11.9 Å². The summed E-state index contributed by atoms with van der Waals surface area (Å²) in [7, 11) is 4.27. The van der Waals surface area contributed by atoms with Crippen molar-refractivity contribution in [2.75, 3.05) is 14.1 Å². The first kappa shape index (κ1) is 17.6. The smallest absolute Gasteiger partial charge is 0.336 e. The van der Waals surface area contributed by atoms with Crippen molar-refractivity contribution in [3.63, 3.8) is 0 Å². The van der Waals surface area contributed by atoms with Crippen LogP contribution in [0.25, 0.3) is 0 Å². The number of nitrogens with zero attached hydrogens (tertiary/aromatic N) is 2. The number of carboxylic acids is 2. The molecule has 2 N–H and O–H groups in total. The Morgan fingerprint density at radius 1 is 1.09 bits per heavy atom. The van der Waals surface area contributed by atoms with Crippen molar-refractivity contribution in [3.05, 3.63) is 47.3 Å². The van der Waals surface area contributed by atoms with E-state index in [4.69, 9.17) is 10.2 Å². The zero-order chi connectivity index (χ0) is 16.9. The maximum atomic E-state index is 10.5. The summed E-state index contributed by atoms with van der Waals surface area (Å²) in [6, 6.07) is 5.48. The van der Waals surface area contributed by atoms with Gasteiger partial charge in [0.15, 0.2) is 0 Å². The minimum atomic E-state index is -1.23. The predicted octanol–water partition coefficient (Wildman–Crippen LogP) is 2.54. The van der Waals surface area contributed by atoms with Gasteiger partial charge in [0.25, 0.3) is 0 Å². The Kier molecular flexibility index (Phi) is 5.98. The maximum Gasteiger partial charge on any atom is 0.336 e. The zero-order valence-corrected chi connectivity index (χ0v) is 13.3. The van der Waals surface area contributed by atoms with Crippen molar-refractivity contribution in [2.45, 2.75) is 26.4 Å². The van der Waals surface area contributed by atoms with Gasteiger partial charge in [0.05, 0.1) is 17.3 Å². The van der Waals surface area contributed by atoms with Crippen molar-refractivity contribution in [2.24, 2.45) is 0 Å². The van der Waals surface area contributed by atoms with Crippen LogP contribution in [-0.2, 0) is 0 Å². The van der Waals surface area contributed by atoms with Gasteiger partial charge in [0.1, 0.15) is 0 Å². The second-order valence-corrected chi connectivity index (χ2v) is 5.09. The third kappa shape index (κ3) is 4.00. The fraction of sp³-hybridized carbons (Fsp3) is 0.375. The van der Waals surface area contributed by atoms with Crippen molar-refractivity contribution in [3.8, 4) is 0 Å². The normalized spacial score (nSPS) is 16.7. The summed E-state index contributed by atoms with van der Waals surface area (Å²) in [6.45, 7) is 4.36. The molecule has 0 aromatic heterocycles. The van der Waals surface area contributed by atoms with Crippen LogP contribution in [0.5, 0.6) is 0 Å². The van der Waals surface area contributed by atoms with E-state index in [0.29, 0.717) is 6.17 Å². The van der Waals surface area contributed by atoms with Gasteiger partial charge in [0, 0.05) is 26.0 Å². The average Bonchev–Trinajstić information content (AvgIpc) is 2.72. The quantitative estimate of drug-likeness (QED) is 0.893. The number of allylic oxidation sites excluding steroid dienone is 1. The molecule has 0 amide bonds. The molecular weight excluding hydrogens is 284 g/mol. The average molecular weight is 306 g/mol. The summed E-state index contributed by atoms with van der Waals surface area (Å²) in [5, 5.41) is 17.1. The van der Waals surface area contributed by atoms with Crippen LogP contribution in [0.1, 0.15) is 41.0 Å². The fourth-order valence-corrected chi connectivity index (χ4v) is 2.40. The molecule has 0 fully saturated rings. The van der Waals surface area contributed by atoms with Crippen molar-refractivity contribution < 1.29 is 19.8 Å². The Balaban J connectivity index is 0.000000224. The van der Waals surface area contributed by atoms with Gasteiger partial charge in [-0.05, 0) is 25.5 Å². The number of hydrogen-bond donors (Lipinski definition) is 2. The third-order valence-corrected chi connectivity index (χ3v) is 3.62. The van der Waals surface area contributed by atoms with Gasteiger partial charge in [-0.15, -0.1) is 0 Å². The highest BCUT2D eigenvalue weighted by Crippen LogP contribution is 2.20. The maximum absolute atomic E-state index is 10.5. The van der Waals surface area contributed by atoms with Crippen molar-refractivity contribution in [1.82, 2.24) is 9.80 Å². The zero-order valence-electron chi connectivity index (χ0n) is 13.3.